The lowest BCUT2D eigenvalue weighted by Gasteiger charge is -2.22. The van der Waals surface area contributed by atoms with Crippen molar-refractivity contribution in [3.63, 3.8) is 0 Å². The molecule has 0 saturated carbocycles. The maximum atomic E-state index is 12.1. The number of thiol groups is 1. The molecule has 0 radical (unpaired) electrons. The number of aliphatic hydroxyl groups excluding tert-OH is 1. The van der Waals surface area contributed by atoms with Gasteiger partial charge in [-0.2, -0.15) is 12.6 Å². The van der Waals surface area contributed by atoms with E-state index in [0.717, 1.165) is 0 Å². The van der Waals surface area contributed by atoms with Crippen LogP contribution in [0.15, 0.2) is 0 Å². The summed E-state index contributed by atoms with van der Waals surface area (Å²) < 4.78 is 0. The molecule has 3 amide bonds. The van der Waals surface area contributed by atoms with Gasteiger partial charge in [-0.15, -0.1) is 0 Å². The van der Waals surface area contributed by atoms with Gasteiger partial charge in [-0.3, -0.25) is 19.2 Å². The quantitative estimate of drug-likeness (QED) is 0.194. The Labute approximate surface area is 151 Å². The summed E-state index contributed by atoms with van der Waals surface area (Å²) in [6.07, 6.45) is 0.434. The molecule has 0 bridgehead atoms. The van der Waals surface area contributed by atoms with Crippen LogP contribution in [-0.2, 0) is 19.2 Å². The van der Waals surface area contributed by atoms with E-state index in [1.807, 2.05) is 19.2 Å². The van der Waals surface area contributed by atoms with Gasteiger partial charge in [0.2, 0.25) is 17.7 Å². The second-order valence-corrected chi connectivity index (χ2v) is 6.20. The van der Waals surface area contributed by atoms with Crippen LogP contribution in [0.25, 0.3) is 0 Å². The first-order valence-electron chi connectivity index (χ1n) is 7.69. The van der Waals surface area contributed by atoms with Crippen molar-refractivity contribution in [2.45, 2.75) is 38.4 Å². The Morgan fingerprint density at radius 1 is 1.04 bits per heavy atom. The number of carboxylic acid groups (broad SMARTS) is 1. The fourth-order valence-corrected chi connectivity index (χ4v) is 2.10. The van der Waals surface area contributed by atoms with Gasteiger partial charge in [0.25, 0.3) is 0 Å². The lowest BCUT2D eigenvalue weighted by Crippen LogP contribution is -2.57. The van der Waals surface area contributed by atoms with Gasteiger partial charge >= 0.3 is 5.97 Å². The Hall–Kier alpha value is -1.85. The van der Waals surface area contributed by atoms with Gasteiger partial charge in [-0.25, -0.2) is 0 Å². The van der Waals surface area contributed by atoms with E-state index in [9.17, 15) is 24.3 Å². The number of aliphatic hydroxyl groups is 1. The number of hydrogen-bond donors (Lipinski definition) is 7. The van der Waals surface area contributed by atoms with E-state index >= 15 is 0 Å². The van der Waals surface area contributed by atoms with E-state index in [2.05, 4.69) is 23.3 Å². The molecule has 0 heterocycles. The molecule has 7 N–H and O–H groups in total. The molecule has 0 aliphatic rings. The summed E-state index contributed by atoms with van der Waals surface area (Å²) >= 11 is 3.98. The summed E-state index contributed by atoms with van der Waals surface area (Å²) in [4.78, 5) is 46.2. The minimum absolute atomic E-state index is 0.0547. The van der Waals surface area contributed by atoms with Gasteiger partial charge in [0.05, 0.1) is 12.6 Å². The smallest absolute Gasteiger partial charge is 0.322 e. The lowest BCUT2D eigenvalue weighted by molar-refractivity contribution is -0.138. The van der Waals surface area contributed by atoms with E-state index in [1.165, 1.54) is 0 Å². The number of carboxylic acids is 1. The Bertz CT molecular complexity index is 488. The fraction of sp³-hybridized carbons (Fsp3) is 0.714. The summed E-state index contributed by atoms with van der Waals surface area (Å²) in [6.45, 7) is 2.41. The average molecular weight is 378 g/mol. The van der Waals surface area contributed by atoms with Gasteiger partial charge < -0.3 is 31.9 Å². The van der Waals surface area contributed by atoms with Crippen LogP contribution in [0.1, 0.15) is 20.3 Å². The number of carbonyl (C=O) groups is 4. The Morgan fingerprint density at radius 2 is 1.60 bits per heavy atom. The number of amides is 3. The van der Waals surface area contributed by atoms with Gasteiger partial charge in [0, 0.05) is 5.75 Å². The number of nitrogens with two attached hydrogens (primary N) is 1. The van der Waals surface area contributed by atoms with Crippen LogP contribution in [0.3, 0.4) is 0 Å². The Morgan fingerprint density at radius 3 is 2.04 bits per heavy atom. The molecule has 0 aromatic carbocycles. The zero-order valence-electron chi connectivity index (χ0n) is 14.2. The van der Waals surface area contributed by atoms with Crippen LogP contribution in [0.4, 0.5) is 0 Å². The topological polar surface area (TPSA) is 171 Å². The summed E-state index contributed by atoms with van der Waals surface area (Å²) in [6, 6.07) is -3.20. The standard InChI is InChI=1S/C14H26N4O6S/c1-7(2)3-8(15)12(22)18-10(6-25)14(24)17-9(5-19)13(23)16-4-11(20)21/h7-10,19,25H,3-6,15H2,1-2H3,(H,16,23)(H,17,24)(H,18,22)(H,20,21). The summed E-state index contributed by atoms with van der Waals surface area (Å²) in [7, 11) is 0. The average Bonchev–Trinajstić information content (AvgIpc) is 2.53. The lowest BCUT2D eigenvalue weighted by atomic mass is 10.0. The third-order valence-corrected chi connectivity index (χ3v) is 3.47. The first-order chi connectivity index (χ1) is 11.6. The van der Waals surface area contributed by atoms with E-state index < -0.39 is 55.0 Å². The molecule has 3 atom stereocenters. The number of carbonyl (C=O) groups excluding carboxylic acids is 3. The van der Waals surface area contributed by atoms with Crippen LogP contribution in [0, 0.1) is 5.92 Å². The van der Waals surface area contributed by atoms with Crippen LogP contribution in [-0.4, -0.2) is 70.9 Å². The molecule has 0 aromatic heterocycles. The van der Waals surface area contributed by atoms with Crippen molar-refractivity contribution < 1.29 is 29.4 Å². The highest BCUT2D eigenvalue weighted by Gasteiger charge is 2.27. The predicted molar refractivity (Wildman–Crippen MR) is 92.9 cm³/mol. The normalized spacial score (nSPS) is 14.3. The molecule has 0 saturated heterocycles. The molecule has 0 aromatic rings. The summed E-state index contributed by atoms with van der Waals surface area (Å²) in [5.41, 5.74) is 5.74. The highest BCUT2D eigenvalue weighted by atomic mass is 32.1. The zero-order chi connectivity index (χ0) is 19.6. The van der Waals surface area contributed by atoms with Crippen LogP contribution in [0.5, 0.6) is 0 Å². The summed E-state index contributed by atoms with van der Waals surface area (Å²) in [5.74, 6) is -3.26. The zero-order valence-corrected chi connectivity index (χ0v) is 15.1. The third-order valence-electron chi connectivity index (χ3n) is 3.11. The molecule has 144 valence electrons. The summed E-state index contributed by atoms with van der Waals surface area (Å²) in [5, 5.41) is 24.4. The van der Waals surface area contributed by atoms with Gasteiger partial charge in [-0.05, 0) is 12.3 Å². The van der Waals surface area contributed by atoms with Crippen LogP contribution >= 0.6 is 12.6 Å². The van der Waals surface area contributed by atoms with Crippen molar-refractivity contribution in [3.8, 4) is 0 Å². The number of nitrogens with one attached hydrogen (secondary N) is 3. The van der Waals surface area contributed by atoms with Crippen LogP contribution < -0.4 is 21.7 Å². The minimum Gasteiger partial charge on any atom is -0.480 e. The molecule has 0 aliphatic heterocycles. The van der Waals surface area contributed by atoms with E-state index in [-0.39, 0.29) is 11.7 Å². The molecule has 0 spiro atoms. The van der Waals surface area contributed by atoms with E-state index in [0.29, 0.717) is 6.42 Å². The van der Waals surface area contributed by atoms with Crippen molar-refractivity contribution >= 4 is 36.3 Å². The predicted octanol–water partition coefficient (Wildman–Crippen LogP) is -2.55. The number of aliphatic carboxylic acids is 1. The van der Waals surface area contributed by atoms with Crippen molar-refractivity contribution in [3.05, 3.63) is 0 Å². The highest BCUT2D eigenvalue weighted by molar-refractivity contribution is 7.80. The van der Waals surface area contributed by atoms with Gasteiger partial charge in [0.1, 0.15) is 18.6 Å². The first kappa shape index (κ1) is 23.1. The molecular weight excluding hydrogens is 352 g/mol. The van der Waals surface area contributed by atoms with Crippen molar-refractivity contribution in [2.24, 2.45) is 11.7 Å². The SMILES string of the molecule is CC(C)CC(N)C(=O)NC(CS)C(=O)NC(CO)C(=O)NCC(=O)O. The number of hydrogen-bond acceptors (Lipinski definition) is 7. The highest BCUT2D eigenvalue weighted by Crippen LogP contribution is 2.03. The molecule has 0 fully saturated rings. The molecule has 0 rings (SSSR count). The number of rotatable bonds is 11. The maximum absolute atomic E-state index is 12.1. The Balaban J connectivity index is 4.71. The molecule has 3 unspecified atom stereocenters. The molecule has 0 aliphatic carbocycles. The molecule has 25 heavy (non-hydrogen) atoms. The molecular formula is C14H26N4O6S. The van der Waals surface area contributed by atoms with Crippen molar-refractivity contribution in [1.82, 2.24) is 16.0 Å². The first-order valence-corrected chi connectivity index (χ1v) is 8.33. The molecule has 11 heteroatoms. The van der Waals surface area contributed by atoms with E-state index in [1.54, 1.807) is 0 Å². The van der Waals surface area contributed by atoms with Crippen LogP contribution in [0.2, 0.25) is 0 Å². The monoisotopic (exact) mass is 378 g/mol. The minimum atomic E-state index is -1.35. The third kappa shape index (κ3) is 9.27. The van der Waals surface area contributed by atoms with Gasteiger partial charge in [-0.1, -0.05) is 13.8 Å². The Kier molecular flexibility index (Phi) is 10.8. The van der Waals surface area contributed by atoms with Gasteiger partial charge in [0.15, 0.2) is 0 Å². The largest absolute Gasteiger partial charge is 0.480 e. The van der Waals surface area contributed by atoms with E-state index in [4.69, 9.17) is 10.8 Å². The van der Waals surface area contributed by atoms with Crippen molar-refractivity contribution in [1.29, 1.82) is 0 Å². The van der Waals surface area contributed by atoms with Crippen molar-refractivity contribution in [2.75, 3.05) is 18.9 Å². The maximum Gasteiger partial charge on any atom is 0.322 e. The second kappa shape index (κ2) is 11.7. The second-order valence-electron chi connectivity index (χ2n) is 5.84. The molecule has 10 nitrogen and oxygen atoms in total. The fourth-order valence-electron chi connectivity index (χ4n) is 1.84.